The van der Waals surface area contributed by atoms with Crippen LogP contribution in [0.15, 0.2) is 18.2 Å². The van der Waals surface area contributed by atoms with Crippen molar-refractivity contribution in [2.45, 2.75) is 81.1 Å². The lowest BCUT2D eigenvalue weighted by Gasteiger charge is -2.65. The Balaban J connectivity index is 1.63. The molecular formula is C24H31N3O6. The molecule has 9 heteroatoms. The van der Waals surface area contributed by atoms with E-state index in [1.807, 2.05) is 39.0 Å². The Morgan fingerprint density at radius 3 is 2.61 bits per heavy atom. The summed E-state index contributed by atoms with van der Waals surface area (Å²) in [5.41, 5.74) is -1.92. The van der Waals surface area contributed by atoms with Gasteiger partial charge in [-0.1, -0.05) is 6.07 Å². The molecule has 3 N–H and O–H groups in total. The number of rotatable bonds is 1. The molecule has 1 saturated carbocycles. The molecular weight excluding hydrogens is 426 g/mol. The van der Waals surface area contributed by atoms with Crippen molar-refractivity contribution in [1.82, 2.24) is 15.5 Å². The van der Waals surface area contributed by atoms with Crippen LogP contribution in [-0.4, -0.2) is 64.5 Å². The van der Waals surface area contributed by atoms with Crippen LogP contribution in [0.1, 0.15) is 57.6 Å². The largest absolute Gasteiger partial charge is 0.497 e. The van der Waals surface area contributed by atoms with Crippen LogP contribution >= 0.6 is 0 Å². The summed E-state index contributed by atoms with van der Waals surface area (Å²) in [5, 5.41) is 17.6. The van der Waals surface area contributed by atoms with Gasteiger partial charge in [-0.05, 0) is 76.1 Å². The summed E-state index contributed by atoms with van der Waals surface area (Å²) in [5.74, 6) is 0.308. The van der Waals surface area contributed by atoms with Crippen LogP contribution in [0.3, 0.4) is 0 Å². The van der Waals surface area contributed by atoms with Crippen LogP contribution < -0.4 is 15.4 Å². The molecule has 0 aromatic heterocycles. The van der Waals surface area contributed by atoms with Gasteiger partial charge in [0.25, 0.3) is 5.91 Å². The highest BCUT2D eigenvalue weighted by atomic mass is 16.6. The number of hydrogen-bond donors (Lipinski definition) is 3. The molecule has 2 aliphatic carbocycles. The first-order valence-corrected chi connectivity index (χ1v) is 11.5. The number of amides is 4. The van der Waals surface area contributed by atoms with Gasteiger partial charge in [0.15, 0.2) is 0 Å². The van der Waals surface area contributed by atoms with E-state index in [4.69, 9.17) is 9.47 Å². The van der Waals surface area contributed by atoms with Gasteiger partial charge in [0.2, 0.25) is 0 Å². The van der Waals surface area contributed by atoms with Gasteiger partial charge in [0, 0.05) is 12.0 Å². The number of hydrogen-bond acceptors (Lipinski definition) is 6. The Kier molecular flexibility index (Phi) is 4.57. The molecule has 2 bridgehead atoms. The summed E-state index contributed by atoms with van der Waals surface area (Å²) < 4.78 is 11.2. The molecule has 5 rings (SSSR count). The number of carbonyl (C=O) groups is 3. The van der Waals surface area contributed by atoms with E-state index in [-0.39, 0.29) is 18.7 Å². The van der Waals surface area contributed by atoms with E-state index in [0.717, 1.165) is 11.1 Å². The molecule has 9 nitrogen and oxygen atoms in total. The topological polar surface area (TPSA) is 117 Å². The monoisotopic (exact) mass is 457 g/mol. The Hall–Kier alpha value is -2.81. The molecule has 4 atom stereocenters. The quantitative estimate of drug-likeness (QED) is 0.556. The molecule has 1 aromatic carbocycles. The van der Waals surface area contributed by atoms with Crippen molar-refractivity contribution in [1.29, 1.82) is 0 Å². The summed E-state index contributed by atoms with van der Waals surface area (Å²) in [6.45, 7) is 5.84. The number of nitrogens with one attached hydrogen (secondary N) is 2. The number of likely N-dealkylation sites (tertiary alicyclic amines) is 1. The SMILES string of the molecule is COc1ccc2c(c1)[C@]13CCN(C(=O)OC(C)(C)C)[C@H](C2)[C@]1(O)CC[C@@]1(C3)NC(=O)NC1=O. The van der Waals surface area contributed by atoms with Crippen molar-refractivity contribution >= 4 is 18.0 Å². The van der Waals surface area contributed by atoms with Crippen molar-refractivity contribution in [2.75, 3.05) is 13.7 Å². The predicted octanol–water partition coefficient (Wildman–Crippen LogP) is 1.99. The molecule has 2 saturated heterocycles. The van der Waals surface area contributed by atoms with Crippen LogP contribution in [0.4, 0.5) is 9.59 Å². The van der Waals surface area contributed by atoms with Gasteiger partial charge in [-0.25, -0.2) is 9.59 Å². The van der Waals surface area contributed by atoms with E-state index in [0.29, 0.717) is 31.6 Å². The van der Waals surface area contributed by atoms with Gasteiger partial charge < -0.3 is 24.8 Å². The summed E-state index contributed by atoms with van der Waals surface area (Å²) in [4.78, 5) is 39.7. The van der Waals surface area contributed by atoms with Crippen LogP contribution in [0, 0.1) is 0 Å². The van der Waals surface area contributed by atoms with E-state index in [1.165, 1.54) is 0 Å². The van der Waals surface area contributed by atoms with Crippen LogP contribution in [0.5, 0.6) is 5.75 Å². The second kappa shape index (κ2) is 6.85. The zero-order valence-corrected chi connectivity index (χ0v) is 19.5. The number of aliphatic hydroxyl groups is 1. The highest BCUT2D eigenvalue weighted by Crippen LogP contribution is 2.60. The minimum Gasteiger partial charge on any atom is -0.497 e. The summed E-state index contributed by atoms with van der Waals surface area (Å²) in [7, 11) is 1.59. The molecule has 178 valence electrons. The number of nitrogens with zero attached hydrogens (tertiary/aromatic N) is 1. The molecule has 3 fully saturated rings. The average Bonchev–Trinajstić information content (AvgIpc) is 2.99. The number of imide groups is 1. The van der Waals surface area contributed by atoms with Crippen molar-refractivity contribution in [3.63, 3.8) is 0 Å². The first-order valence-electron chi connectivity index (χ1n) is 11.5. The molecule has 0 radical (unpaired) electrons. The normalized spacial score (nSPS) is 34.8. The molecule has 33 heavy (non-hydrogen) atoms. The van der Waals surface area contributed by atoms with Gasteiger partial charge >= 0.3 is 12.1 Å². The van der Waals surface area contributed by atoms with E-state index >= 15 is 0 Å². The fourth-order valence-corrected chi connectivity index (χ4v) is 6.54. The fraction of sp³-hybridized carbons (Fsp3) is 0.625. The average molecular weight is 458 g/mol. The van der Waals surface area contributed by atoms with Crippen LogP contribution in [0.25, 0.3) is 0 Å². The molecule has 0 unspecified atom stereocenters. The highest BCUT2D eigenvalue weighted by Gasteiger charge is 2.70. The maximum atomic E-state index is 13.1. The first-order chi connectivity index (χ1) is 15.4. The number of methoxy groups -OCH3 is 1. The van der Waals surface area contributed by atoms with Crippen LogP contribution in [-0.2, 0) is 21.4 Å². The van der Waals surface area contributed by atoms with Crippen molar-refractivity contribution < 1.29 is 29.0 Å². The van der Waals surface area contributed by atoms with E-state index < -0.39 is 40.3 Å². The maximum absolute atomic E-state index is 13.1. The number of benzene rings is 1. The van der Waals surface area contributed by atoms with Gasteiger partial charge in [0.05, 0.1) is 18.8 Å². The van der Waals surface area contributed by atoms with E-state index in [2.05, 4.69) is 10.6 Å². The van der Waals surface area contributed by atoms with Gasteiger partial charge in [0.1, 0.15) is 16.9 Å². The minimum atomic E-state index is -1.28. The molecule has 1 spiro atoms. The first kappa shape index (κ1) is 22.0. The Morgan fingerprint density at radius 1 is 1.21 bits per heavy atom. The van der Waals surface area contributed by atoms with Crippen molar-refractivity contribution in [2.24, 2.45) is 0 Å². The summed E-state index contributed by atoms with van der Waals surface area (Å²) in [6, 6.07) is 4.77. The van der Waals surface area contributed by atoms with Crippen molar-refractivity contribution in [3.8, 4) is 5.75 Å². The minimum absolute atomic E-state index is 0.257. The van der Waals surface area contributed by atoms with Crippen LogP contribution in [0.2, 0.25) is 0 Å². The number of fused-ring (bicyclic) bond motifs is 1. The third kappa shape index (κ3) is 3.04. The molecule has 4 amide bonds. The van der Waals surface area contributed by atoms with Gasteiger partial charge in [-0.3, -0.25) is 10.1 Å². The smallest absolute Gasteiger partial charge is 0.410 e. The second-order valence-electron chi connectivity index (χ2n) is 10.8. The second-order valence-corrected chi connectivity index (χ2v) is 10.8. The number of ether oxygens (including phenoxy) is 2. The molecule has 1 aromatic rings. The van der Waals surface area contributed by atoms with E-state index in [9.17, 15) is 19.5 Å². The standard InChI is InChI=1S/C24H31N3O6/c1-21(2,3)33-20(30)27-10-9-22-13-23(18(28)25-19(29)26-23)7-8-24(22,31)17(27)11-14-5-6-15(32-4)12-16(14)22/h5-6,12,17,31H,7-11,13H2,1-4H3,(H2,25,26,28,29)/t17-,22-,23+,24-/m1/s1. The zero-order chi connectivity index (χ0) is 23.8. The van der Waals surface area contributed by atoms with E-state index in [1.54, 1.807) is 12.0 Å². The van der Waals surface area contributed by atoms with Gasteiger partial charge in [-0.15, -0.1) is 0 Å². The van der Waals surface area contributed by atoms with Crippen molar-refractivity contribution in [3.05, 3.63) is 29.3 Å². The third-order valence-corrected chi connectivity index (χ3v) is 7.96. The molecule has 2 heterocycles. The lowest BCUT2D eigenvalue weighted by molar-refractivity contribution is -0.176. The highest BCUT2D eigenvalue weighted by molar-refractivity contribution is 6.07. The Bertz CT molecular complexity index is 1050. The number of carbonyl (C=O) groups excluding carboxylic acids is 3. The molecule has 2 aliphatic heterocycles. The maximum Gasteiger partial charge on any atom is 0.410 e. The summed E-state index contributed by atoms with van der Waals surface area (Å²) in [6.07, 6.45) is 1.28. The lowest BCUT2D eigenvalue weighted by atomic mass is 9.46. The van der Waals surface area contributed by atoms with Gasteiger partial charge in [-0.2, -0.15) is 0 Å². The summed E-state index contributed by atoms with van der Waals surface area (Å²) >= 11 is 0. The number of piperidine rings is 1. The fourth-order valence-electron chi connectivity index (χ4n) is 6.54. The Morgan fingerprint density at radius 2 is 1.97 bits per heavy atom. The zero-order valence-electron chi connectivity index (χ0n) is 19.5. The Labute approximate surface area is 192 Å². The lowest BCUT2D eigenvalue weighted by Crippen LogP contribution is -2.76. The molecule has 4 aliphatic rings. The number of urea groups is 1. The third-order valence-electron chi connectivity index (χ3n) is 7.96. The predicted molar refractivity (Wildman–Crippen MR) is 118 cm³/mol.